The van der Waals surface area contributed by atoms with Crippen molar-refractivity contribution in [3.05, 3.63) is 77.1 Å². The summed E-state index contributed by atoms with van der Waals surface area (Å²) < 4.78 is 38.5. The largest absolute Gasteiger partial charge is 0.416 e. The molecule has 1 aliphatic rings. The molecule has 3 N–H and O–H groups in total. The normalized spacial score (nSPS) is 20.2. The summed E-state index contributed by atoms with van der Waals surface area (Å²) >= 11 is 0. The van der Waals surface area contributed by atoms with Crippen LogP contribution in [-0.4, -0.2) is 33.5 Å². The fourth-order valence-corrected chi connectivity index (χ4v) is 4.23. The maximum atomic E-state index is 12.8. The number of piperidine rings is 1. The molecule has 2 aromatic carbocycles. The molecule has 0 saturated carbocycles. The second-order valence-electron chi connectivity index (χ2n) is 8.33. The van der Waals surface area contributed by atoms with Crippen molar-refractivity contribution in [3.8, 4) is 11.4 Å². The van der Waals surface area contributed by atoms with Gasteiger partial charge in [0.1, 0.15) is 5.82 Å². The van der Waals surface area contributed by atoms with Gasteiger partial charge in [0.15, 0.2) is 0 Å². The zero-order valence-corrected chi connectivity index (χ0v) is 17.5. The third-order valence-corrected chi connectivity index (χ3v) is 6.02. The zero-order chi connectivity index (χ0) is 22.0. The number of nitrogens with two attached hydrogens (primary N) is 1. The highest BCUT2D eigenvalue weighted by Gasteiger charge is 2.30. The predicted octanol–water partition coefficient (Wildman–Crippen LogP) is 4.94. The van der Waals surface area contributed by atoms with Crippen LogP contribution in [0.15, 0.2) is 54.6 Å². The Bertz CT molecular complexity index is 996. The van der Waals surface area contributed by atoms with Gasteiger partial charge in [-0.1, -0.05) is 42.5 Å². The van der Waals surface area contributed by atoms with Gasteiger partial charge in [0, 0.05) is 36.4 Å². The number of likely N-dealkylation sites (tertiary alicyclic amines) is 1. The SMILES string of the molecule is Cc1[nH]c(-c2ccc(C(F)(F)F)cc2)nc1CN1CCC(N)CC1Cc1ccccc1. The third kappa shape index (κ3) is 5.17. The number of benzene rings is 2. The predicted molar refractivity (Wildman–Crippen MR) is 115 cm³/mol. The Morgan fingerprint density at radius 1 is 1.10 bits per heavy atom. The number of nitrogens with zero attached hydrogens (tertiary/aromatic N) is 2. The first-order valence-electron chi connectivity index (χ1n) is 10.6. The van der Waals surface area contributed by atoms with Gasteiger partial charge in [-0.2, -0.15) is 13.2 Å². The van der Waals surface area contributed by atoms with Gasteiger partial charge in [-0.3, -0.25) is 4.90 Å². The van der Waals surface area contributed by atoms with Crippen molar-refractivity contribution >= 4 is 0 Å². The van der Waals surface area contributed by atoms with E-state index in [9.17, 15) is 13.2 Å². The van der Waals surface area contributed by atoms with Crippen molar-refractivity contribution in [3.63, 3.8) is 0 Å². The van der Waals surface area contributed by atoms with Crippen molar-refractivity contribution in [2.75, 3.05) is 6.54 Å². The number of rotatable bonds is 5. The Hall–Kier alpha value is -2.64. The summed E-state index contributed by atoms with van der Waals surface area (Å²) in [6.07, 6.45) is -1.53. The highest BCUT2D eigenvalue weighted by molar-refractivity contribution is 5.56. The molecular weight excluding hydrogens is 401 g/mol. The van der Waals surface area contributed by atoms with E-state index in [-0.39, 0.29) is 6.04 Å². The summed E-state index contributed by atoms with van der Waals surface area (Å²) in [5.41, 5.74) is 9.38. The van der Waals surface area contributed by atoms with Gasteiger partial charge in [-0.25, -0.2) is 4.98 Å². The van der Waals surface area contributed by atoms with E-state index in [0.717, 1.165) is 49.3 Å². The lowest BCUT2D eigenvalue weighted by Gasteiger charge is -2.38. The molecule has 0 radical (unpaired) electrons. The van der Waals surface area contributed by atoms with E-state index in [2.05, 4.69) is 34.1 Å². The van der Waals surface area contributed by atoms with E-state index in [1.54, 1.807) is 0 Å². The van der Waals surface area contributed by atoms with Gasteiger partial charge >= 0.3 is 6.18 Å². The topological polar surface area (TPSA) is 57.9 Å². The molecule has 1 aliphatic heterocycles. The van der Waals surface area contributed by atoms with E-state index in [4.69, 9.17) is 10.7 Å². The van der Waals surface area contributed by atoms with Gasteiger partial charge in [0.05, 0.1) is 11.3 Å². The summed E-state index contributed by atoms with van der Waals surface area (Å²) in [5.74, 6) is 0.592. The standard InChI is InChI=1S/C24H27F3N4/c1-16-22(30-23(29-16)18-7-9-19(10-8-18)24(25,26)27)15-31-12-11-20(28)14-21(31)13-17-5-3-2-4-6-17/h2-10,20-21H,11-15,28H2,1H3,(H,29,30). The molecule has 2 unspecified atom stereocenters. The zero-order valence-electron chi connectivity index (χ0n) is 17.5. The van der Waals surface area contributed by atoms with Crippen molar-refractivity contribution in [2.24, 2.45) is 5.73 Å². The van der Waals surface area contributed by atoms with Gasteiger partial charge < -0.3 is 10.7 Å². The minimum absolute atomic E-state index is 0.202. The Labute approximate surface area is 180 Å². The van der Waals surface area contributed by atoms with E-state index >= 15 is 0 Å². The molecule has 2 atom stereocenters. The van der Waals surface area contributed by atoms with Gasteiger partial charge in [0.2, 0.25) is 0 Å². The summed E-state index contributed by atoms with van der Waals surface area (Å²) in [7, 11) is 0. The molecule has 2 heterocycles. The Morgan fingerprint density at radius 2 is 1.81 bits per heavy atom. The number of imidazole rings is 1. The third-order valence-electron chi connectivity index (χ3n) is 6.02. The molecule has 4 rings (SSSR count). The first-order valence-corrected chi connectivity index (χ1v) is 10.6. The van der Waals surface area contributed by atoms with Crippen LogP contribution in [0.5, 0.6) is 0 Å². The van der Waals surface area contributed by atoms with Crippen LogP contribution in [0.2, 0.25) is 0 Å². The number of aromatic amines is 1. The molecule has 1 saturated heterocycles. The lowest BCUT2D eigenvalue weighted by molar-refractivity contribution is -0.137. The Morgan fingerprint density at radius 3 is 2.48 bits per heavy atom. The van der Waals surface area contributed by atoms with Gasteiger partial charge in [-0.15, -0.1) is 0 Å². The van der Waals surface area contributed by atoms with Crippen LogP contribution in [0.3, 0.4) is 0 Å². The summed E-state index contributed by atoms with van der Waals surface area (Å²) in [4.78, 5) is 10.4. The minimum Gasteiger partial charge on any atom is -0.342 e. The van der Waals surface area contributed by atoms with E-state index in [1.807, 2.05) is 13.0 Å². The molecular formula is C24H27F3N4. The monoisotopic (exact) mass is 428 g/mol. The van der Waals surface area contributed by atoms with Crippen LogP contribution in [0.25, 0.3) is 11.4 Å². The Kier molecular flexibility index (Phi) is 6.16. The van der Waals surface area contributed by atoms with E-state index < -0.39 is 11.7 Å². The number of nitrogens with one attached hydrogen (secondary N) is 1. The maximum Gasteiger partial charge on any atom is 0.416 e. The molecule has 1 fully saturated rings. The fourth-order valence-electron chi connectivity index (χ4n) is 4.23. The van der Waals surface area contributed by atoms with Crippen molar-refractivity contribution in [1.82, 2.24) is 14.9 Å². The number of hydrogen-bond donors (Lipinski definition) is 2. The molecule has 31 heavy (non-hydrogen) atoms. The molecule has 0 bridgehead atoms. The van der Waals surface area contributed by atoms with Crippen LogP contribution in [0.4, 0.5) is 13.2 Å². The van der Waals surface area contributed by atoms with E-state index in [0.29, 0.717) is 24.0 Å². The number of aromatic nitrogens is 2. The number of alkyl halides is 3. The molecule has 7 heteroatoms. The van der Waals surface area contributed by atoms with Crippen LogP contribution in [0, 0.1) is 6.92 Å². The summed E-state index contributed by atoms with van der Waals surface area (Å²) in [5, 5.41) is 0. The molecule has 1 aromatic heterocycles. The number of halogens is 3. The highest BCUT2D eigenvalue weighted by atomic mass is 19.4. The summed E-state index contributed by atoms with van der Waals surface area (Å²) in [6.45, 7) is 3.55. The molecule has 3 aromatic rings. The average Bonchev–Trinajstić information content (AvgIpc) is 3.10. The first-order chi connectivity index (χ1) is 14.8. The quantitative estimate of drug-likeness (QED) is 0.605. The fraction of sp³-hybridized carbons (Fsp3) is 0.375. The molecule has 4 nitrogen and oxygen atoms in total. The first kappa shape index (κ1) is 21.6. The molecule has 0 amide bonds. The van der Waals surface area contributed by atoms with Crippen LogP contribution >= 0.6 is 0 Å². The lowest BCUT2D eigenvalue weighted by Crippen LogP contribution is -2.47. The number of hydrogen-bond acceptors (Lipinski definition) is 3. The summed E-state index contributed by atoms with van der Waals surface area (Å²) in [6, 6.07) is 16.0. The molecule has 164 valence electrons. The van der Waals surface area contributed by atoms with Crippen molar-refractivity contribution in [1.29, 1.82) is 0 Å². The van der Waals surface area contributed by atoms with Crippen LogP contribution < -0.4 is 5.73 Å². The Balaban J connectivity index is 1.51. The minimum atomic E-state index is -4.34. The van der Waals surface area contributed by atoms with Gasteiger partial charge in [0.25, 0.3) is 0 Å². The molecule has 0 aliphatic carbocycles. The number of aryl methyl sites for hydroxylation is 1. The van der Waals surface area contributed by atoms with Gasteiger partial charge in [-0.05, 0) is 43.9 Å². The number of H-pyrrole nitrogens is 1. The smallest absolute Gasteiger partial charge is 0.342 e. The maximum absolute atomic E-state index is 12.8. The van der Waals surface area contributed by atoms with Crippen molar-refractivity contribution in [2.45, 2.75) is 51.0 Å². The second-order valence-corrected chi connectivity index (χ2v) is 8.33. The second kappa shape index (κ2) is 8.85. The molecule has 0 spiro atoms. The van der Waals surface area contributed by atoms with E-state index in [1.165, 1.54) is 17.7 Å². The average molecular weight is 429 g/mol. The lowest BCUT2D eigenvalue weighted by atomic mass is 9.92. The van der Waals surface area contributed by atoms with Crippen molar-refractivity contribution < 1.29 is 13.2 Å². The highest BCUT2D eigenvalue weighted by Crippen LogP contribution is 2.31. The van der Waals surface area contributed by atoms with Crippen LogP contribution in [-0.2, 0) is 19.1 Å². The van der Waals surface area contributed by atoms with Crippen LogP contribution in [0.1, 0.15) is 35.4 Å².